The zero-order chi connectivity index (χ0) is 13.6. The molecule has 1 saturated carbocycles. The van der Waals surface area contributed by atoms with Gasteiger partial charge in [-0.15, -0.1) is 0 Å². The zero-order valence-corrected chi connectivity index (χ0v) is 11.1. The number of hydrogen-bond donors (Lipinski definition) is 1. The molecule has 2 aromatic rings. The molecule has 0 amide bonds. The Balaban J connectivity index is 2.08. The Morgan fingerprint density at radius 2 is 2.26 bits per heavy atom. The van der Waals surface area contributed by atoms with E-state index in [1.54, 1.807) is 12.4 Å². The molecular weight excluding hydrogens is 242 g/mol. The Morgan fingerprint density at radius 3 is 2.95 bits per heavy atom. The van der Waals surface area contributed by atoms with Crippen LogP contribution in [0.4, 0.5) is 0 Å². The Hall–Kier alpha value is -1.91. The molecule has 3 atom stereocenters. The highest BCUT2D eigenvalue weighted by Crippen LogP contribution is 2.43. The number of imidazole rings is 1. The summed E-state index contributed by atoms with van der Waals surface area (Å²) in [6.07, 6.45) is 5.12. The maximum Gasteiger partial charge on any atom is 0.307 e. The highest BCUT2D eigenvalue weighted by Gasteiger charge is 2.40. The van der Waals surface area contributed by atoms with Gasteiger partial charge in [-0.2, -0.15) is 0 Å². The van der Waals surface area contributed by atoms with Crippen LogP contribution in [-0.2, 0) is 11.8 Å². The van der Waals surface area contributed by atoms with Crippen LogP contribution in [0.15, 0.2) is 18.5 Å². The lowest BCUT2D eigenvalue weighted by Gasteiger charge is -2.15. The summed E-state index contributed by atoms with van der Waals surface area (Å²) in [5.74, 6) is 0.284. The van der Waals surface area contributed by atoms with Gasteiger partial charge in [0.15, 0.2) is 0 Å². The summed E-state index contributed by atoms with van der Waals surface area (Å²) >= 11 is 0. The number of hydrogen-bond acceptors (Lipinski definition) is 3. The summed E-state index contributed by atoms with van der Waals surface area (Å²) < 4.78 is 1.99. The van der Waals surface area contributed by atoms with Crippen molar-refractivity contribution in [1.82, 2.24) is 14.5 Å². The molecule has 19 heavy (non-hydrogen) atoms. The predicted octanol–water partition coefficient (Wildman–Crippen LogP) is 2.18. The van der Waals surface area contributed by atoms with Crippen LogP contribution in [0.3, 0.4) is 0 Å². The van der Waals surface area contributed by atoms with Crippen LogP contribution in [0.1, 0.15) is 31.5 Å². The van der Waals surface area contributed by atoms with E-state index in [2.05, 4.69) is 16.9 Å². The summed E-state index contributed by atoms with van der Waals surface area (Å²) in [7, 11) is 1.94. The number of aryl methyl sites for hydroxylation is 1. The van der Waals surface area contributed by atoms with E-state index in [-0.39, 0.29) is 11.8 Å². The van der Waals surface area contributed by atoms with E-state index in [0.717, 1.165) is 29.7 Å². The third-order valence-electron chi connectivity index (χ3n) is 4.16. The maximum atomic E-state index is 11.4. The monoisotopic (exact) mass is 259 g/mol. The van der Waals surface area contributed by atoms with Gasteiger partial charge in [0.1, 0.15) is 5.82 Å². The standard InChI is InChI=1S/C14H17N3O2/c1-8-5-9(10(6-8)14(18)19)13-16-11-3-4-15-7-12(11)17(13)2/h3-4,7-10H,5-6H2,1-2H3,(H,18,19). The molecule has 0 saturated heterocycles. The molecule has 3 unspecified atom stereocenters. The van der Waals surface area contributed by atoms with E-state index in [9.17, 15) is 9.90 Å². The number of carbonyl (C=O) groups is 1. The molecule has 3 rings (SSSR count). The molecule has 1 N–H and O–H groups in total. The number of aromatic nitrogens is 3. The Bertz CT molecular complexity index is 635. The third-order valence-corrected chi connectivity index (χ3v) is 4.16. The SMILES string of the molecule is CC1CC(C(=O)O)C(c2nc3ccncc3n2C)C1. The van der Waals surface area contributed by atoms with Crippen molar-refractivity contribution in [2.45, 2.75) is 25.7 Å². The van der Waals surface area contributed by atoms with Gasteiger partial charge in [0, 0.05) is 19.2 Å². The minimum Gasteiger partial charge on any atom is -0.481 e. The Morgan fingerprint density at radius 1 is 1.47 bits per heavy atom. The van der Waals surface area contributed by atoms with Crippen LogP contribution in [-0.4, -0.2) is 25.6 Å². The third kappa shape index (κ3) is 1.89. The summed E-state index contributed by atoms with van der Waals surface area (Å²) in [4.78, 5) is 20.1. The zero-order valence-electron chi connectivity index (χ0n) is 11.1. The first-order valence-electron chi connectivity index (χ1n) is 6.57. The molecule has 100 valence electrons. The van der Waals surface area contributed by atoms with Crippen molar-refractivity contribution in [3.63, 3.8) is 0 Å². The molecule has 0 spiro atoms. The van der Waals surface area contributed by atoms with Crippen LogP contribution in [0.25, 0.3) is 11.0 Å². The van der Waals surface area contributed by atoms with Crippen molar-refractivity contribution in [3.8, 4) is 0 Å². The predicted molar refractivity (Wildman–Crippen MR) is 70.8 cm³/mol. The van der Waals surface area contributed by atoms with E-state index in [1.807, 2.05) is 17.7 Å². The number of nitrogens with zero attached hydrogens (tertiary/aromatic N) is 3. The van der Waals surface area contributed by atoms with E-state index in [4.69, 9.17) is 0 Å². The highest BCUT2D eigenvalue weighted by atomic mass is 16.4. The molecule has 5 heteroatoms. The molecule has 1 aliphatic rings. The molecule has 0 aromatic carbocycles. The normalized spacial score (nSPS) is 26.9. The number of pyridine rings is 1. The molecule has 1 aliphatic carbocycles. The second-order valence-electron chi connectivity index (χ2n) is 5.52. The fourth-order valence-electron chi connectivity index (χ4n) is 3.24. The molecule has 2 aromatic heterocycles. The number of rotatable bonds is 2. The molecule has 1 fully saturated rings. The summed E-state index contributed by atoms with van der Waals surface area (Å²) in [5.41, 5.74) is 1.84. The van der Waals surface area contributed by atoms with Gasteiger partial charge in [0.2, 0.25) is 0 Å². The van der Waals surface area contributed by atoms with Crippen LogP contribution in [0.2, 0.25) is 0 Å². The number of aliphatic carboxylic acids is 1. The maximum absolute atomic E-state index is 11.4. The van der Waals surface area contributed by atoms with Crippen molar-refractivity contribution < 1.29 is 9.90 Å². The molecule has 2 heterocycles. The van der Waals surface area contributed by atoms with Crippen molar-refractivity contribution in [3.05, 3.63) is 24.3 Å². The van der Waals surface area contributed by atoms with Gasteiger partial charge in [-0.05, 0) is 24.8 Å². The first-order chi connectivity index (χ1) is 9.08. The van der Waals surface area contributed by atoms with Crippen molar-refractivity contribution >= 4 is 17.0 Å². The topological polar surface area (TPSA) is 68.0 Å². The smallest absolute Gasteiger partial charge is 0.307 e. The van der Waals surface area contributed by atoms with E-state index in [0.29, 0.717) is 5.92 Å². The molecule has 5 nitrogen and oxygen atoms in total. The quantitative estimate of drug-likeness (QED) is 0.897. The van der Waals surface area contributed by atoms with Gasteiger partial charge in [0.05, 0.1) is 23.1 Å². The number of carboxylic acids is 1. The van der Waals surface area contributed by atoms with E-state index < -0.39 is 5.97 Å². The first-order valence-corrected chi connectivity index (χ1v) is 6.57. The van der Waals surface area contributed by atoms with Gasteiger partial charge in [-0.25, -0.2) is 4.98 Å². The van der Waals surface area contributed by atoms with Crippen molar-refractivity contribution in [2.75, 3.05) is 0 Å². The van der Waals surface area contributed by atoms with Gasteiger partial charge >= 0.3 is 5.97 Å². The van der Waals surface area contributed by atoms with Gasteiger partial charge in [0.25, 0.3) is 0 Å². The lowest BCUT2D eigenvalue weighted by Crippen LogP contribution is -2.19. The second kappa shape index (κ2) is 4.33. The second-order valence-corrected chi connectivity index (χ2v) is 5.52. The van der Waals surface area contributed by atoms with Gasteiger partial charge < -0.3 is 9.67 Å². The van der Waals surface area contributed by atoms with Gasteiger partial charge in [-0.3, -0.25) is 9.78 Å². The van der Waals surface area contributed by atoms with Crippen LogP contribution in [0.5, 0.6) is 0 Å². The molecule has 0 aliphatic heterocycles. The van der Waals surface area contributed by atoms with Gasteiger partial charge in [-0.1, -0.05) is 6.92 Å². The molecule has 0 radical (unpaired) electrons. The van der Waals surface area contributed by atoms with E-state index in [1.165, 1.54) is 0 Å². The average molecular weight is 259 g/mol. The van der Waals surface area contributed by atoms with E-state index >= 15 is 0 Å². The van der Waals surface area contributed by atoms with Crippen molar-refractivity contribution in [1.29, 1.82) is 0 Å². The highest BCUT2D eigenvalue weighted by molar-refractivity contribution is 5.76. The Kier molecular flexibility index (Phi) is 2.77. The number of fused-ring (bicyclic) bond motifs is 1. The molecule has 0 bridgehead atoms. The summed E-state index contributed by atoms with van der Waals surface area (Å²) in [6, 6.07) is 1.87. The minimum absolute atomic E-state index is 0.00454. The van der Waals surface area contributed by atoms with Crippen LogP contribution in [0, 0.1) is 11.8 Å². The minimum atomic E-state index is -0.709. The largest absolute Gasteiger partial charge is 0.481 e. The first kappa shape index (κ1) is 12.1. The lowest BCUT2D eigenvalue weighted by molar-refractivity contribution is -0.142. The summed E-state index contributed by atoms with van der Waals surface area (Å²) in [5, 5.41) is 9.38. The molecular formula is C14H17N3O2. The number of carboxylic acid groups (broad SMARTS) is 1. The van der Waals surface area contributed by atoms with Crippen LogP contribution < -0.4 is 0 Å². The lowest BCUT2D eigenvalue weighted by atomic mass is 9.95. The average Bonchev–Trinajstić information content (AvgIpc) is 2.91. The fourth-order valence-corrected chi connectivity index (χ4v) is 3.24. The van der Waals surface area contributed by atoms with Crippen LogP contribution >= 0.6 is 0 Å². The fraction of sp³-hybridized carbons (Fsp3) is 0.500. The summed E-state index contributed by atoms with van der Waals surface area (Å²) in [6.45, 7) is 2.11. The Labute approximate surface area is 111 Å². The van der Waals surface area contributed by atoms with Crippen molar-refractivity contribution in [2.24, 2.45) is 18.9 Å².